The van der Waals surface area contributed by atoms with Gasteiger partial charge in [-0.2, -0.15) is 9.97 Å². The predicted octanol–water partition coefficient (Wildman–Crippen LogP) is 3.68. The molecule has 4 aromatic rings. The summed E-state index contributed by atoms with van der Waals surface area (Å²) < 4.78 is 11.8. The van der Waals surface area contributed by atoms with Crippen LogP contribution < -0.4 is 20.9 Å². The fourth-order valence-corrected chi connectivity index (χ4v) is 3.13. The van der Waals surface area contributed by atoms with Gasteiger partial charge in [0.25, 0.3) is 5.88 Å². The number of fused-ring (bicyclic) bond motifs is 1. The molecule has 10 heteroatoms. The summed E-state index contributed by atoms with van der Waals surface area (Å²) >= 11 is 6.23. The van der Waals surface area contributed by atoms with Gasteiger partial charge in [0.15, 0.2) is 5.65 Å². The topological polar surface area (TPSA) is 149 Å². The van der Waals surface area contributed by atoms with Crippen molar-refractivity contribution >= 4 is 28.6 Å². The second kappa shape index (κ2) is 8.58. The van der Waals surface area contributed by atoms with Crippen LogP contribution in [0, 0.1) is 12.3 Å². The number of hydrogen-bond donors (Lipinski definition) is 4. The summed E-state index contributed by atoms with van der Waals surface area (Å²) in [6, 6.07) is 12.4. The minimum absolute atomic E-state index is 0.00489. The van der Waals surface area contributed by atoms with Gasteiger partial charge in [0.05, 0.1) is 5.02 Å². The number of nitrogens with zero attached hydrogens (tertiary/aromatic N) is 3. The summed E-state index contributed by atoms with van der Waals surface area (Å²) in [4.78, 5) is 16.2. The van der Waals surface area contributed by atoms with E-state index in [0.29, 0.717) is 39.9 Å². The van der Waals surface area contributed by atoms with Crippen LogP contribution in [0.1, 0.15) is 17.0 Å². The van der Waals surface area contributed by atoms with Crippen LogP contribution in [0.5, 0.6) is 23.4 Å². The second-order valence-corrected chi connectivity index (χ2v) is 7.19. The maximum absolute atomic E-state index is 7.61. The van der Waals surface area contributed by atoms with E-state index in [1.807, 2.05) is 24.3 Å². The molecule has 0 fully saturated rings. The summed E-state index contributed by atoms with van der Waals surface area (Å²) in [5.41, 5.74) is 13.6. The Morgan fingerprint density at radius 1 is 1.13 bits per heavy atom. The first-order valence-corrected chi connectivity index (χ1v) is 9.83. The van der Waals surface area contributed by atoms with Gasteiger partial charge in [-0.1, -0.05) is 23.7 Å². The number of rotatable bonds is 7. The molecule has 2 aromatic carbocycles. The van der Waals surface area contributed by atoms with E-state index in [0.717, 1.165) is 12.0 Å². The number of H-pyrrole nitrogens is 1. The van der Waals surface area contributed by atoms with Crippen LogP contribution in [0.25, 0.3) is 11.2 Å². The molecule has 0 spiro atoms. The van der Waals surface area contributed by atoms with Gasteiger partial charge < -0.3 is 25.9 Å². The zero-order valence-corrected chi connectivity index (χ0v) is 17.4. The van der Waals surface area contributed by atoms with E-state index in [9.17, 15) is 0 Å². The smallest absolute Gasteiger partial charge is 0.327 e. The Labute approximate surface area is 182 Å². The van der Waals surface area contributed by atoms with Gasteiger partial charge in [-0.3, -0.25) is 5.41 Å². The molecule has 0 atom stereocenters. The number of nitrogen functional groups attached to an aromatic ring is 1. The van der Waals surface area contributed by atoms with Crippen LogP contribution in [0.4, 0.5) is 0 Å². The number of ether oxygens (including phenoxy) is 2. The maximum Gasteiger partial charge on any atom is 0.327 e. The highest BCUT2D eigenvalue weighted by molar-refractivity contribution is 6.32. The van der Waals surface area contributed by atoms with Crippen molar-refractivity contribution in [1.29, 1.82) is 5.41 Å². The Bertz CT molecular complexity index is 1270. The lowest BCUT2D eigenvalue weighted by molar-refractivity contribution is 0.416. The highest BCUT2D eigenvalue weighted by Gasteiger charge is 2.16. The monoisotopic (exact) mass is 437 g/mol. The van der Waals surface area contributed by atoms with Crippen LogP contribution in [-0.4, -0.2) is 32.3 Å². The first-order valence-electron chi connectivity index (χ1n) is 9.46. The molecule has 4 rings (SSSR count). The summed E-state index contributed by atoms with van der Waals surface area (Å²) in [6.07, 6.45) is 0.735. The molecule has 2 heterocycles. The fourth-order valence-electron chi connectivity index (χ4n) is 2.98. The number of halogens is 1. The summed E-state index contributed by atoms with van der Waals surface area (Å²) in [5, 5.41) is 7.93. The molecule has 0 aliphatic rings. The summed E-state index contributed by atoms with van der Waals surface area (Å²) in [7, 11) is 0. The molecule has 0 aliphatic carbocycles. The van der Waals surface area contributed by atoms with E-state index in [-0.39, 0.29) is 23.5 Å². The van der Waals surface area contributed by atoms with E-state index in [1.165, 1.54) is 0 Å². The Hall–Kier alpha value is -3.69. The summed E-state index contributed by atoms with van der Waals surface area (Å²) in [5.74, 6) is 1.66. The van der Waals surface area contributed by atoms with E-state index in [2.05, 4.69) is 19.9 Å². The molecule has 0 unspecified atom stereocenters. The maximum atomic E-state index is 7.61. The molecule has 0 aliphatic heterocycles. The first kappa shape index (κ1) is 20.6. The molecular formula is C21H20ClN7O2. The molecule has 6 N–H and O–H groups in total. The van der Waals surface area contributed by atoms with Crippen molar-refractivity contribution in [2.75, 3.05) is 6.54 Å². The van der Waals surface area contributed by atoms with E-state index in [1.54, 1.807) is 25.1 Å². The molecule has 0 bridgehead atoms. The van der Waals surface area contributed by atoms with Crippen molar-refractivity contribution in [3.8, 4) is 23.4 Å². The number of hydrogen-bond acceptors (Lipinski definition) is 7. The van der Waals surface area contributed by atoms with Gasteiger partial charge in [-0.25, -0.2) is 4.98 Å². The molecular weight excluding hydrogens is 418 g/mol. The molecule has 158 valence electrons. The van der Waals surface area contributed by atoms with Gasteiger partial charge in [0.1, 0.15) is 28.7 Å². The third kappa shape index (κ3) is 4.57. The average Bonchev–Trinajstić information content (AvgIpc) is 3.10. The number of nitrogens with one attached hydrogen (secondary N) is 2. The number of aryl methyl sites for hydroxylation is 1. The third-order valence-corrected chi connectivity index (χ3v) is 4.72. The Kier molecular flexibility index (Phi) is 5.70. The van der Waals surface area contributed by atoms with E-state index < -0.39 is 0 Å². The number of nitrogens with two attached hydrogens (primary N) is 2. The minimum Gasteiger partial charge on any atom is -0.437 e. The van der Waals surface area contributed by atoms with Crippen LogP contribution in [-0.2, 0) is 6.42 Å². The minimum atomic E-state index is -0.109. The quantitative estimate of drug-likeness (QED) is 0.254. The Morgan fingerprint density at radius 2 is 1.97 bits per heavy atom. The normalized spacial score (nSPS) is 10.9. The van der Waals surface area contributed by atoms with Crippen LogP contribution >= 0.6 is 11.6 Å². The SMILES string of the molecule is Cc1nc2nc(Oc3cc(C(=N)N)ccc3Cl)nc(Oc3cccc(CCN)c3)c2[nH]1. The number of aromatic amines is 1. The standard InChI is InChI=1S/C21H20ClN7O2/c1-11-26-17-19(27-11)28-21(31-16-10-13(18(24)25)5-6-15(16)22)29-20(17)30-14-4-2-3-12(9-14)7-8-23/h2-6,9-10H,7-8,23H2,1H3,(H3,24,25)(H,26,27,28,29). The summed E-state index contributed by atoms with van der Waals surface area (Å²) in [6.45, 7) is 2.35. The zero-order valence-electron chi connectivity index (χ0n) is 16.6. The van der Waals surface area contributed by atoms with Gasteiger partial charge in [-0.05, 0) is 55.8 Å². The molecule has 0 amide bonds. The molecule has 31 heavy (non-hydrogen) atoms. The van der Waals surface area contributed by atoms with Crippen molar-refractivity contribution in [2.45, 2.75) is 13.3 Å². The highest BCUT2D eigenvalue weighted by Crippen LogP contribution is 2.33. The number of imidazole rings is 1. The molecule has 0 saturated carbocycles. The third-order valence-electron chi connectivity index (χ3n) is 4.41. The number of amidine groups is 1. The second-order valence-electron chi connectivity index (χ2n) is 6.78. The van der Waals surface area contributed by atoms with Crippen molar-refractivity contribution < 1.29 is 9.47 Å². The van der Waals surface area contributed by atoms with Gasteiger partial charge in [0.2, 0.25) is 0 Å². The highest BCUT2D eigenvalue weighted by atomic mass is 35.5. The van der Waals surface area contributed by atoms with Gasteiger partial charge >= 0.3 is 6.01 Å². The molecule has 2 aromatic heterocycles. The van der Waals surface area contributed by atoms with Crippen LogP contribution in [0.2, 0.25) is 5.02 Å². The van der Waals surface area contributed by atoms with Crippen molar-refractivity contribution in [3.63, 3.8) is 0 Å². The molecule has 0 radical (unpaired) electrons. The van der Waals surface area contributed by atoms with E-state index in [4.69, 9.17) is 38.0 Å². The Balaban J connectivity index is 1.72. The molecule has 0 saturated heterocycles. The van der Waals surface area contributed by atoms with Crippen molar-refractivity contribution in [3.05, 3.63) is 64.4 Å². The first-order chi connectivity index (χ1) is 14.9. The van der Waals surface area contributed by atoms with E-state index >= 15 is 0 Å². The number of aromatic nitrogens is 4. The lowest BCUT2D eigenvalue weighted by atomic mass is 10.1. The lowest BCUT2D eigenvalue weighted by Crippen LogP contribution is -2.10. The fraction of sp³-hybridized carbons (Fsp3) is 0.143. The average molecular weight is 438 g/mol. The number of benzene rings is 2. The zero-order chi connectivity index (χ0) is 22.0. The Morgan fingerprint density at radius 3 is 2.74 bits per heavy atom. The van der Waals surface area contributed by atoms with Crippen molar-refractivity contribution in [1.82, 2.24) is 19.9 Å². The largest absolute Gasteiger partial charge is 0.437 e. The van der Waals surface area contributed by atoms with Crippen LogP contribution in [0.3, 0.4) is 0 Å². The molecule has 9 nitrogen and oxygen atoms in total. The van der Waals surface area contributed by atoms with Crippen molar-refractivity contribution in [2.24, 2.45) is 11.5 Å². The lowest BCUT2D eigenvalue weighted by Gasteiger charge is -2.10. The van der Waals surface area contributed by atoms with Gasteiger partial charge in [-0.15, -0.1) is 0 Å². The predicted molar refractivity (Wildman–Crippen MR) is 118 cm³/mol. The van der Waals surface area contributed by atoms with Crippen LogP contribution in [0.15, 0.2) is 42.5 Å². The van der Waals surface area contributed by atoms with Gasteiger partial charge in [0, 0.05) is 5.56 Å².